The maximum atomic E-state index is 12.5. The van der Waals surface area contributed by atoms with Crippen LogP contribution in [0.3, 0.4) is 0 Å². The molecule has 0 radical (unpaired) electrons. The van der Waals surface area contributed by atoms with Gasteiger partial charge in [0.2, 0.25) is 5.91 Å². The Morgan fingerprint density at radius 2 is 2.00 bits per heavy atom. The molecule has 116 valence electrons. The molecule has 1 saturated heterocycles. The first-order valence-electron chi connectivity index (χ1n) is 6.87. The Morgan fingerprint density at radius 1 is 1.33 bits per heavy atom. The summed E-state index contributed by atoms with van der Waals surface area (Å²) in [6, 6.07) is 6.35. The molecule has 4 nitrogen and oxygen atoms in total. The first-order valence-corrected chi connectivity index (χ1v) is 7.75. The molecular formula is C14H19F2N3OS. The summed E-state index contributed by atoms with van der Waals surface area (Å²) in [5.41, 5.74) is 0.440. The Hall–Kier alpha value is -1.18. The SMILES string of the molecule is CC(C(=O)Nc1ccccc1SC(F)F)N1CCNCC1. The summed E-state index contributed by atoms with van der Waals surface area (Å²) in [6.07, 6.45) is 0. The quantitative estimate of drug-likeness (QED) is 0.818. The minimum Gasteiger partial charge on any atom is -0.324 e. The first kappa shape index (κ1) is 16.2. The van der Waals surface area contributed by atoms with Crippen LogP contribution in [0.15, 0.2) is 29.2 Å². The molecular weight excluding hydrogens is 296 g/mol. The van der Waals surface area contributed by atoms with Gasteiger partial charge in [-0.05, 0) is 19.1 Å². The van der Waals surface area contributed by atoms with Crippen molar-refractivity contribution in [1.82, 2.24) is 10.2 Å². The van der Waals surface area contributed by atoms with Gasteiger partial charge in [0.05, 0.1) is 11.7 Å². The van der Waals surface area contributed by atoms with E-state index < -0.39 is 5.76 Å². The van der Waals surface area contributed by atoms with Crippen molar-refractivity contribution in [3.05, 3.63) is 24.3 Å². The molecule has 1 heterocycles. The summed E-state index contributed by atoms with van der Waals surface area (Å²) in [7, 11) is 0. The van der Waals surface area contributed by atoms with Gasteiger partial charge in [0.25, 0.3) is 5.76 Å². The van der Waals surface area contributed by atoms with Gasteiger partial charge >= 0.3 is 0 Å². The van der Waals surface area contributed by atoms with E-state index >= 15 is 0 Å². The van der Waals surface area contributed by atoms with E-state index in [2.05, 4.69) is 15.5 Å². The minimum absolute atomic E-state index is 0.167. The van der Waals surface area contributed by atoms with Gasteiger partial charge in [-0.25, -0.2) is 0 Å². The summed E-state index contributed by atoms with van der Waals surface area (Å²) in [5, 5.41) is 5.99. The number of halogens is 2. The van der Waals surface area contributed by atoms with E-state index in [1.165, 1.54) is 0 Å². The third-order valence-corrected chi connectivity index (χ3v) is 4.23. The molecule has 2 rings (SSSR count). The zero-order chi connectivity index (χ0) is 15.2. The standard InChI is InChI=1S/C14H19F2N3OS/c1-10(19-8-6-17-7-9-19)13(20)18-11-4-2-3-5-12(11)21-14(15)16/h2-5,10,14,17H,6-9H2,1H3,(H,18,20). The van der Waals surface area contributed by atoms with Crippen molar-refractivity contribution in [1.29, 1.82) is 0 Å². The summed E-state index contributed by atoms with van der Waals surface area (Å²) < 4.78 is 25.0. The van der Waals surface area contributed by atoms with Gasteiger partial charge in [0.1, 0.15) is 0 Å². The summed E-state index contributed by atoms with van der Waals surface area (Å²) in [5.74, 6) is -2.67. The van der Waals surface area contributed by atoms with E-state index in [0.717, 1.165) is 26.2 Å². The molecule has 21 heavy (non-hydrogen) atoms. The third kappa shape index (κ3) is 4.66. The van der Waals surface area contributed by atoms with Crippen LogP contribution in [0.4, 0.5) is 14.5 Å². The lowest BCUT2D eigenvalue weighted by molar-refractivity contribution is -0.121. The molecule has 1 aromatic rings. The Kier molecular flexibility index (Phi) is 5.96. The molecule has 1 aromatic carbocycles. The number of para-hydroxylation sites is 1. The van der Waals surface area contributed by atoms with Crippen molar-refractivity contribution < 1.29 is 13.6 Å². The molecule has 1 aliphatic rings. The van der Waals surface area contributed by atoms with Crippen LogP contribution in [0.1, 0.15) is 6.92 Å². The van der Waals surface area contributed by atoms with E-state index in [1.54, 1.807) is 24.3 Å². The lowest BCUT2D eigenvalue weighted by atomic mass is 10.2. The van der Waals surface area contributed by atoms with Crippen LogP contribution in [-0.4, -0.2) is 48.8 Å². The van der Waals surface area contributed by atoms with Crippen LogP contribution in [0.2, 0.25) is 0 Å². The molecule has 1 aliphatic heterocycles. The van der Waals surface area contributed by atoms with Gasteiger partial charge in [0, 0.05) is 31.1 Å². The van der Waals surface area contributed by atoms with Gasteiger partial charge in [-0.3, -0.25) is 9.69 Å². The number of amides is 1. The number of nitrogens with one attached hydrogen (secondary N) is 2. The van der Waals surface area contributed by atoms with E-state index in [0.29, 0.717) is 22.3 Å². The first-order chi connectivity index (χ1) is 10.1. The number of carbonyl (C=O) groups is 1. The number of benzene rings is 1. The fourth-order valence-electron chi connectivity index (χ4n) is 2.24. The predicted molar refractivity (Wildman–Crippen MR) is 80.8 cm³/mol. The highest BCUT2D eigenvalue weighted by molar-refractivity contribution is 7.99. The average molecular weight is 315 g/mol. The van der Waals surface area contributed by atoms with E-state index in [1.807, 2.05) is 6.92 Å². The lowest BCUT2D eigenvalue weighted by Crippen LogP contribution is -2.51. The fourth-order valence-corrected chi connectivity index (χ4v) is 2.84. The third-order valence-electron chi connectivity index (χ3n) is 3.44. The van der Waals surface area contributed by atoms with Crippen molar-refractivity contribution in [2.75, 3.05) is 31.5 Å². The number of nitrogens with zero attached hydrogens (tertiary/aromatic N) is 1. The highest BCUT2D eigenvalue weighted by Crippen LogP contribution is 2.31. The highest BCUT2D eigenvalue weighted by atomic mass is 32.2. The van der Waals surface area contributed by atoms with Crippen molar-refractivity contribution in [3.63, 3.8) is 0 Å². The zero-order valence-electron chi connectivity index (χ0n) is 11.8. The van der Waals surface area contributed by atoms with Crippen LogP contribution >= 0.6 is 11.8 Å². The number of hydrogen-bond donors (Lipinski definition) is 2. The second-order valence-corrected chi connectivity index (χ2v) is 5.86. The van der Waals surface area contributed by atoms with Gasteiger partial charge in [-0.15, -0.1) is 0 Å². The molecule has 0 spiro atoms. The molecule has 7 heteroatoms. The van der Waals surface area contributed by atoms with Crippen LogP contribution in [-0.2, 0) is 4.79 Å². The zero-order valence-corrected chi connectivity index (χ0v) is 12.6. The molecule has 0 saturated carbocycles. The lowest BCUT2D eigenvalue weighted by Gasteiger charge is -2.31. The van der Waals surface area contributed by atoms with Gasteiger partial charge < -0.3 is 10.6 Å². The van der Waals surface area contributed by atoms with Gasteiger partial charge in [-0.1, -0.05) is 23.9 Å². The molecule has 1 atom stereocenters. The topological polar surface area (TPSA) is 44.4 Å². The predicted octanol–water partition coefficient (Wildman–Crippen LogP) is 2.23. The molecule has 0 aliphatic carbocycles. The van der Waals surface area contributed by atoms with E-state index in [9.17, 15) is 13.6 Å². The largest absolute Gasteiger partial charge is 0.324 e. The molecule has 0 bridgehead atoms. The van der Waals surface area contributed by atoms with Gasteiger partial charge in [0.15, 0.2) is 0 Å². The second-order valence-electron chi connectivity index (χ2n) is 4.83. The number of hydrogen-bond acceptors (Lipinski definition) is 4. The van der Waals surface area contributed by atoms with E-state index in [-0.39, 0.29) is 11.9 Å². The van der Waals surface area contributed by atoms with Crippen molar-refractivity contribution in [2.45, 2.75) is 23.6 Å². The van der Waals surface area contributed by atoms with E-state index in [4.69, 9.17) is 0 Å². The minimum atomic E-state index is -2.51. The maximum Gasteiger partial charge on any atom is 0.288 e. The summed E-state index contributed by atoms with van der Waals surface area (Å²) in [4.78, 5) is 14.7. The summed E-state index contributed by atoms with van der Waals surface area (Å²) in [6.45, 7) is 5.17. The smallest absolute Gasteiger partial charge is 0.288 e. The molecule has 1 fully saturated rings. The number of carbonyl (C=O) groups excluding carboxylic acids is 1. The van der Waals surface area contributed by atoms with Crippen molar-refractivity contribution in [2.24, 2.45) is 0 Å². The van der Waals surface area contributed by atoms with Crippen LogP contribution in [0.5, 0.6) is 0 Å². The number of alkyl halides is 2. The van der Waals surface area contributed by atoms with Gasteiger partial charge in [-0.2, -0.15) is 8.78 Å². The number of anilines is 1. The number of rotatable bonds is 5. The maximum absolute atomic E-state index is 12.5. The van der Waals surface area contributed by atoms with Crippen molar-refractivity contribution >= 4 is 23.4 Å². The highest BCUT2D eigenvalue weighted by Gasteiger charge is 2.23. The second kappa shape index (κ2) is 7.72. The van der Waals surface area contributed by atoms with Crippen LogP contribution < -0.4 is 10.6 Å². The molecule has 1 amide bonds. The molecule has 1 unspecified atom stereocenters. The molecule has 2 N–H and O–H groups in total. The number of thioether (sulfide) groups is 1. The molecule has 0 aromatic heterocycles. The number of piperazine rings is 1. The summed E-state index contributed by atoms with van der Waals surface area (Å²) >= 11 is 0.443. The average Bonchev–Trinajstić information content (AvgIpc) is 2.49. The van der Waals surface area contributed by atoms with Crippen LogP contribution in [0.25, 0.3) is 0 Å². The Morgan fingerprint density at radius 3 is 2.67 bits per heavy atom. The fraction of sp³-hybridized carbons (Fsp3) is 0.500. The van der Waals surface area contributed by atoms with Crippen LogP contribution in [0, 0.1) is 0 Å². The Balaban J connectivity index is 2.01. The normalized spacial score (nSPS) is 17.7. The Bertz CT molecular complexity index is 481. The monoisotopic (exact) mass is 315 g/mol. The van der Waals surface area contributed by atoms with Crippen molar-refractivity contribution in [3.8, 4) is 0 Å². The Labute approximate surface area is 127 Å².